The monoisotopic (exact) mass is 474 g/mol. The van der Waals surface area contributed by atoms with Gasteiger partial charge in [-0.15, -0.1) is 10.2 Å². The van der Waals surface area contributed by atoms with Crippen LogP contribution in [0.2, 0.25) is 0 Å². The molecule has 5 rings (SSSR count). The van der Waals surface area contributed by atoms with E-state index in [1.807, 2.05) is 31.3 Å². The van der Waals surface area contributed by atoms with E-state index in [4.69, 9.17) is 0 Å². The molecular formula is C29H38N4O2. The van der Waals surface area contributed by atoms with Gasteiger partial charge in [0, 0.05) is 37.8 Å². The highest BCUT2D eigenvalue weighted by Crippen LogP contribution is 2.56. The zero-order chi connectivity index (χ0) is 24.8. The Morgan fingerprint density at radius 3 is 2.34 bits per heavy atom. The zero-order valence-electron chi connectivity index (χ0n) is 21.5. The largest absolute Gasteiger partial charge is 0.507 e. The van der Waals surface area contributed by atoms with E-state index in [1.165, 1.54) is 38.5 Å². The molecule has 1 aromatic heterocycles. The van der Waals surface area contributed by atoms with Crippen LogP contribution in [0.5, 0.6) is 5.75 Å². The topological polar surface area (TPSA) is 69.6 Å². The van der Waals surface area contributed by atoms with Crippen molar-refractivity contribution in [3.05, 3.63) is 42.0 Å². The smallest absolute Gasteiger partial charge is 0.246 e. The molecular weight excluding hydrogens is 436 g/mol. The van der Waals surface area contributed by atoms with Crippen molar-refractivity contribution in [2.45, 2.75) is 77.3 Å². The summed E-state index contributed by atoms with van der Waals surface area (Å²) in [7, 11) is 3.98. The maximum absolute atomic E-state index is 12.2. The summed E-state index contributed by atoms with van der Waals surface area (Å²) >= 11 is 0. The van der Waals surface area contributed by atoms with Crippen LogP contribution in [0.4, 0.5) is 5.82 Å². The summed E-state index contributed by atoms with van der Waals surface area (Å²) < 4.78 is 0. The van der Waals surface area contributed by atoms with Crippen LogP contribution in [-0.4, -0.2) is 52.3 Å². The molecule has 35 heavy (non-hydrogen) atoms. The molecule has 2 bridgehead atoms. The van der Waals surface area contributed by atoms with E-state index in [0.717, 1.165) is 24.2 Å². The van der Waals surface area contributed by atoms with Crippen LogP contribution in [0.3, 0.4) is 0 Å². The van der Waals surface area contributed by atoms with E-state index in [2.05, 4.69) is 36.0 Å². The third kappa shape index (κ3) is 5.07. The predicted molar refractivity (Wildman–Crippen MR) is 140 cm³/mol. The molecule has 1 aromatic carbocycles. The standard InChI is InChI=1S/C29H38N4O2/c1-28-14-5-15-29(2,19-28)18-22(17-28)32(3)26-12-11-24(30-31-26)23-10-6-20(16-25(23)34)7-13-27(35)33(4)21-8-9-21/h6-7,10-13,16,21-22,34H,5,8-9,14-15,17-19H2,1-4H3/b13-7+/t22-,28-,29+. The number of phenolic OH excluding ortho intramolecular Hbond substituents is 1. The van der Waals surface area contributed by atoms with Gasteiger partial charge in [-0.25, -0.2) is 0 Å². The fourth-order valence-corrected chi connectivity index (χ4v) is 6.62. The average Bonchev–Trinajstić information content (AvgIpc) is 3.66. The fourth-order valence-electron chi connectivity index (χ4n) is 6.62. The minimum atomic E-state index is -0.00813. The summed E-state index contributed by atoms with van der Waals surface area (Å²) in [5.41, 5.74) is 2.91. The van der Waals surface area contributed by atoms with Gasteiger partial charge in [-0.3, -0.25) is 4.79 Å². The minimum Gasteiger partial charge on any atom is -0.507 e. The first-order valence-corrected chi connectivity index (χ1v) is 13.0. The zero-order valence-corrected chi connectivity index (χ0v) is 21.5. The van der Waals surface area contributed by atoms with Crippen molar-refractivity contribution in [2.24, 2.45) is 10.8 Å². The number of hydrogen-bond acceptors (Lipinski definition) is 5. The lowest BCUT2D eigenvalue weighted by molar-refractivity contribution is -0.125. The van der Waals surface area contributed by atoms with Gasteiger partial charge >= 0.3 is 0 Å². The van der Waals surface area contributed by atoms with E-state index in [-0.39, 0.29) is 11.7 Å². The fraction of sp³-hybridized carbons (Fsp3) is 0.552. The molecule has 0 saturated heterocycles. The number of carbonyl (C=O) groups excluding carboxylic acids is 1. The van der Waals surface area contributed by atoms with Crippen LogP contribution in [0.15, 0.2) is 36.4 Å². The number of benzene rings is 1. The Bertz CT molecular complexity index is 1110. The van der Waals surface area contributed by atoms with Gasteiger partial charge in [-0.05, 0) is 91.7 Å². The van der Waals surface area contributed by atoms with Gasteiger partial charge in [0.1, 0.15) is 5.75 Å². The van der Waals surface area contributed by atoms with Crippen molar-refractivity contribution in [3.63, 3.8) is 0 Å². The van der Waals surface area contributed by atoms with E-state index in [9.17, 15) is 9.90 Å². The Morgan fingerprint density at radius 1 is 1.03 bits per heavy atom. The summed E-state index contributed by atoms with van der Waals surface area (Å²) in [6.45, 7) is 4.92. The third-order valence-electron chi connectivity index (χ3n) is 8.59. The first kappa shape index (κ1) is 23.8. The molecule has 3 fully saturated rings. The molecule has 2 aromatic rings. The number of phenols is 1. The van der Waals surface area contributed by atoms with Crippen LogP contribution >= 0.6 is 0 Å². The van der Waals surface area contributed by atoms with E-state index in [0.29, 0.717) is 34.2 Å². The molecule has 3 aliphatic rings. The number of carbonyl (C=O) groups is 1. The van der Waals surface area contributed by atoms with E-state index < -0.39 is 0 Å². The Hall–Kier alpha value is -2.89. The van der Waals surface area contributed by atoms with Crippen LogP contribution in [0.1, 0.15) is 70.8 Å². The SMILES string of the molecule is CN(C(=O)/C=C/c1ccc(-c2ccc(N(C)[C@H]3C[C@]4(C)CCC[C@](C)(C3)C4)nn2)c(O)c1)C1CC1. The van der Waals surface area contributed by atoms with Crippen LogP contribution < -0.4 is 4.90 Å². The predicted octanol–water partition coefficient (Wildman–Crippen LogP) is 5.67. The van der Waals surface area contributed by atoms with Crippen molar-refractivity contribution in [1.82, 2.24) is 15.1 Å². The normalized spacial score (nSPS) is 28.2. The molecule has 6 heteroatoms. The Morgan fingerprint density at radius 2 is 1.74 bits per heavy atom. The number of aromatic hydroxyl groups is 1. The molecule has 186 valence electrons. The number of aromatic nitrogens is 2. The van der Waals surface area contributed by atoms with Crippen molar-refractivity contribution >= 4 is 17.8 Å². The molecule has 0 aliphatic heterocycles. The molecule has 1 N–H and O–H groups in total. The highest BCUT2D eigenvalue weighted by molar-refractivity contribution is 5.92. The Labute approximate surface area is 209 Å². The molecule has 1 heterocycles. The molecule has 0 unspecified atom stereocenters. The first-order chi connectivity index (χ1) is 16.6. The van der Waals surface area contributed by atoms with E-state index in [1.54, 1.807) is 23.1 Å². The lowest BCUT2D eigenvalue weighted by Crippen LogP contribution is -2.49. The van der Waals surface area contributed by atoms with Crippen LogP contribution in [0, 0.1) is 10.8 Å². The van der Waals surface area contributed by atoms with Gasteiger partial charge in [0.25, 0.3) is 0 Å². The number of likely N-dealkylation sites (N-methyl/N-ethyl adjacent to an activating group) is 1. The quantitative estimate of drug-likeness (QED) is 0.547. The van der Waals surface area contributed by atoms with Gasteiger partial charge in [0.2, 0.25) is 5.91 Å². The van der Waals surface area contributed by atoms with Crippen molar-refractivity contribution < 1.29 is 9.90 Å². The lowest BCUT2D eigenvalue weighted by Gasteiger charge is -2.54. The van der Waals surface area contributed by atoms with Crippen LogP contribution in [0.25, 0.3) is 17.3 Å². The van der Waals surface area contributed by atoms with Crippen LogP contribution in [-0.2, 0) is 4.79 Å². The molecule has 0 spiro atoms. The molecule has 3 atom stereocenters. The average molecular weight is 475 g/mol. The number of fused-ring (bicyclic) bond motifs is 2. The summed E-state index contributed by atoms with van der Waals surface area (Å²) in [5.74, 6) is 1.00. The molecule has 3 saturated carbocycles. The van der Waals surface area contributed by atoms with E-state index >= 15 is 0 Å². The maximum Gasteiger partial charge on any atom is 0.246 e. The van der Waals surface area contributed by atoms with Crippen molar-refractivity contribution in [1.29, 1.82) is 0 Å². The molecule has 6 nitrogen and oxygen atoms in total. The number of hydrogen-bond donors (Lipinski definition) is 1. The lowest BCUT2D eigenvalue weighted by atomic mass is 9.55. The third-order valence-corrected chi connectivity index (χ3v) is 8.59. The molecule has 3 aliphatic carbocycles. The number of anilines is 1. The van der Waals surface area contributed by atoms with Gasteiger partial charge in [-0.1, -0.05) is 26.3 Å². The highest BCUT2D eigenvalue weighted by Gasteiger charge is 2.47. The molecule has 0 radical (unpaired) electrons. The van der Waals surface area contributed by atoms with Gasteiger partial charge in [-0.2, -0.15) is 0 Å². The highest BCUT2D eigenvalue weighted by atomic mass is 16.3. The Balaban J connectivity index is 1.27. The van der Waals surface area contributed by atoms with Crippen molar-refractivity contribution in [3.8, 4) is 17.0 Å². The second-order valence-electron chi connectivity index (χ2n) is 11.9. The number of rotatable bonds is 6. The summed E-state index contributed by atoms with van der Waals surface area (Å²) in [4.78, 5) is 16.3. The number of nitrogens with zero attached hydrogens (tertiary/aromatic N) is 4. The second-order valence-corrected chi connectivity index (χ2v) is 11.9. The first-order valence-electron chi connectivity index (χ1n) is 13.0. The summed E-state index contributed by atoms with van der Waals surface area (Å²) in [6, 6.07) is 10.2. The molecule has 1 amide bonds. The minimum absolute atomic E-state index is 0.00813. The van der Waals surface area contributed by atoms with Gasteiger partial charge in [0.05, 0.1) is 5.69 Å². The van der Waals surface area contributed by atoms with Gasteiger partial charge in [0.15, 0.2) is 5.82 Å². The maximum atomic E-state index is 12.2. The second kappa shape index (κ2) is 8.96. The summed E-state index contributed by atoms with van der Waals surface area (Å²) in [6.07, 6.45) is 13.2. The number of amides is 1. The summed E-state index contributed by atoms with van der Waals surface area (Å²) in [5, 5.41) is 19.6. The van der Waals surface area contributed by atoms with Crippen molar-refractivity contribution in [2.75, 3.05) is 19.0 Å². The van der Waals surface area contributed by atoms with Gasteiger partial charge < -0.3 is 14.9 Å². The Kier molecular flexibility index (Phi) is 6.10.